The Labute approximate surface area is 172 Å². The maximum atomic E-state index is 13.0. The molecule has 30 heavy (non-hydrogen) atoms. The summed E-state index contributed by atoms with van der Waals surface area (Å²) in [5.41, 5.74) is 2.45. The smallest absolute Gasteiger partial charge is 0.337 e. The van der Waals surface area contributed by atoms with E-state index in [4.69, 9.17) is 9.47 Å². The molecule has 0 aromatic heterocycles. The van der Waals surface area contributed by atoms with Gasteiger partial charge in [-0.15, -0.1) is 0 Å². The van der Waals surface area contributed by atoms with E-state index in [2.05, 4.69) is 4.74 Å². The number of Topliss-reactive ketones (excluding diaryl/α,β-unsaturated/α-hetero) is 1. The summed E-state index contributed by atoms with van der Waals surface area (Å²) in [6.07, 6.45) is 1.57. The first-order valence-corrected chi connectivity index (χ1v) is 9.17. The first-order chi connectivity index (χ1) is 14.5. The van der Waals surface area contributed by atoms with E-state index < -0.39 is 5.97 Å². The third-order valence-corrected chi connectivity index (χ3v) is 4.59. The van der Waals surface area contributed by atoms with Crippen LogP contribution in [0.4, 0.5) is 4.39 Å². The number of ketones is 1. The van der Waals surface area contributed by atoms with E-state index in [1.165, 1.54) is 19.2 Å². The molecule has 0 unspecified atom stereocenters. The Morgan fingerprint density at radius 3 is 2.47 bits per heavy atom. The summed E-state index contributed by atoms with van der Waals surface area (Å²) in [6, 6.07) is 17.7. The van der Waals surface area contributed by atoms with Gasteiger partial charge >= 0.3 is 5.97 Å². The van der Waals surface area contributed by atoms with Crippen LogP contribution in [-0.4, -0.2) is 18.9 Å². The minimum Gasteiger partial charge on any atom is -0.489 e. The van der Waals surface area contributed by atoms with Crippen molar-refractivity contribution in [3.63, 3.8) is 0 Å². The third-order valence-electron chi connectivity index (χ3n) is 4.59. The number of fused-ring (bicyclic) bond motifs is 1. The molecule has 0 fully saturated rings. The second kappa shape index (κ2) is 8.21. The van der Waals surface area contributed by atoms with Crippen LogP contribution in [-0.2, 0) is 11.3 Å². The number of halogens is 1. The van der Waals surface area contributed by atoms with Crippen LogP contribution < -0.4 is 9.47 Å². The topological polar surface area (TPSA) is 61.8 Å². The van der Waals surface area contributed by atoms with Crippen LogP contribution >= 0.6 is 0 Å². The molecule has 0 radical (unpaired) electrons. The largest absolute Gasteiger partial charge is 0.489 e. The lowest BCUT2D eigenvalue weighted by Crippen LogP contribution is -2.02. The Morgan fingerprint density at radius 2 is 1.77 bits per heavy atom. The average molecular weight is 404 g/mol. The maximum Gasteiger partial charge on any atom is 0.337 e. The van der Waals surface area contributed by atoms with Gasteiger partial charge < -0.3 is 14.2 Å². The van der Waals surface area contributed by atoms with Crippen LogP contribution in [0.2, 0.25) is 0 Å². The second-order valence-electron chi connectivity index (χ2n) is 6.63. The second-order valence-corrected chi connectivity index (χ2v) is 6.63. The summed E-state index contributed by atoms with van der Waals surface area (Å²) in [7, 11) is 1.33. The molecule has 150 valence electrons. The summed E-state index contributed by atoms with van der Waals surface area (Å²) in [4.78, 5) is 24.0. The minimum atomic E-state index is -0.396. The molecule has 0 aliphatic carbocycles. The zero-order valence-corrected chi connectivity index (χ0v) is 16.1. The highest BCUT2D eigenvalue weighted by Crippen LogP contribution is 2.35. The zero-order valence-electron chi connectivity index (χ0n) is 16.1. The lowest BCUT2D eigenvalue weighted by Gasteiger charge is -2.08. The number of rotatable bonds is 5. The molecule has 5 nitrogen and oxygen atoms in total. The number of ether oxygens (including phenoxy) is 3. The average Bonchev–Trinajstić information content (AvgIpc) is 3.08. The van der Waals surface area contributed by atoms with Crippen LogP contribution in [0.15, 0.2) is 72.5 Å². The molecule has 0 saturated heterocycles. The normalized spacial score (nSPS) is 13.7. The van der Waals surface area contributed by atoms with E-state index in [0.717, 1.165) is 5.56 Å². The van der Waals surface area contributed by atoms with Crippen molar-refractivity contribution in [2.24, 2.45) is 0 Å². The van der Waals surface area contributed by atoms with E-state index in [1.54, 1.807) is 60.7 Å². The number of methoxy groups -OCH3 is 1. The van der Waals surface area contributed by atoms with E-state index in [-0.39, 0.29) is 24.0 Å². The molecule has 0 bridgehead atoms. The van der Waals surface area contributed by atoms with E-state index >= 15 is 0 Å². The SMILES string of the molecule is COC(=O)c1ccc(COc2ccc3c(c2)OC(=Cc2ccc(F)cc2)C3=O)cc1. The predicted octanol–water partition coefficient (Wildman–Crippen LogP) is 4.81. The highest BCUT2D eigenvalue weighted by atomic mass is 19.1. The Bertz CT molecular complexity index is 1130. The van der Waals surface area contributed by atoms with Gasteiger partial charge in [-0.25, -0.2) is 9.18 Å². The zero-order chi connectivity index (χ0) is 21.1. The maximum absolute atomic E-state index is 13.0. The van der Waals surface area contributed by atoms with Crippen molar-refractivity contribution in [3.05, 3.63) is 101 Å². The summed E-state index contributed by atoms with van der Waals surface area (Å²) in [5, 5.41) is 0. The van der Waals surface area contributed by atoms with Gasteiger partial charge in [0.1, 0.15) is 23.9 Å². The van der Waals surface area contributed by atoms with Crippen molar-refractivity contribution in [1.82, 2.24) is 0 Å². The molecule has 1 heterocycles. The number of carbonyl (C=O) groups is 2. The number of allylic oxidation sites excluding steroid dienone is 1. The van der Waals surface area contributed by atoms with E-state index in [9.17, 15) is 14.0 Å². The molecular formula is C24H17FO5. The van der Waals surface area contributed by atoms with Crippen LogP contribution in [0.25, 0.3) is 6.08 Å². The van der Waals surface area contributed by atoms with Gasteiger partial charge in [0, 0.05) is 6.07 Å². The summed E-state index contributed by atoms with van der Waals surface area (Å²) < 4.78 is 29.2. The lowest BCUT2D eigenvalue weighted by atomic mass is 10.1. The molecule has 3 aromatic rings. The summed E-state index contributed by atoms with van der Waals surface area (Å²) in [6.45, 7) is 0.284. The number of hydrogen-bond donors (Lipinski definition) is 0. The molecular weight excluding hydrogens is 387 g/mol. The Hall–Kier alpha value is -3.93. The van der Waals surface area contributed by atoms with Crippen LogP contribution in [0.1, 0.15) is 31.8 Å². The van der Waals surface area contributed by atoms with Gasteiger partial charge in [-0.2, -0.15) is 0 Å². The van der Waals surface area contributed by atoms with Gasteiger partial charge in [0.15, 0.2) is 5.76 Å². The monoisotopic (exact) mass is 404 g/mol. The van der Waals surface area contributed by atoms with Gasteiger partial charge in [0.05, 0.1) is 18.2 Å². The number of benzene rings is 3. The standard InChI is InChI=1S/C24H17FO5/c1-28-24(27)17-6-2-16(3-7-17)14-29-19-10-11-20-21(13-19)30-22(23(20)26)12-15-4-8-18(25)9-5-15/h2-13H,14H2,1H3. The number of esters is 1. The van der Waals surface area contributed by atoms with Crippen LogP contribution in [0, 0.1) is 5.82 Å². The van der Waals surface area contributed by atoms with Crippen LogP contribution in [0.5, 0.6) is 11.5 Å². The molecule has 3 aromatic carbocycles. The third kappa shape index (κ3) is 4.07. The van der Waals surface area contributed by atoms with Gasteiger partial charge in [0.25, 0.3) is 0 Å². The molecule has 0 amide bonds. The fraction of sp³-hybridized carbons (Fsp3) is 0.0833. The van der Waals surface area contributed by atoms with Crippen molar-refractivity contribution in [3.8, 4) is 11.5 Å². The molecule has 0 N–H and O–H groups in total. The first-order valence-electron chi connectivity index (χ1n) is 9.17. The molecule has 4 rings (SSSR count). The van der Waals surface area contributed by atoms with Crippen molar-refractivity contribution in [2.45, 2.75) is 6.61 Å². The lowest BCUT2D eigenvalue weighted by molar-refractivity contribution is 0.0600. The quantitative estimate of drug-likeness (QED) is 0.451. The van der Waals surface area contributed by atoms with E-state index in [0.29, 0.717) is 28.2 Å². The molecule has 1 aliphatic heterocycles. The molecule has 0 spiro atoms. The molecule has 0 atom stereocenters. The van der Waals surface area contributed by atoms with Crippen molar-refractivity contribution >= 4 is 17.8 Å². The Morgan fingerprint density at radius 1 is 1.03 bits per heavy atom. The number of carbonyl (C=O) groups excluding carboxylic acids is 2. The van der Waals surface area contributed by atoms with Crippen LogP contribution in [0.3, 0.4) is 0 Å². The summed E-state index contributed by atoms with van der Waals surface area (Å²) >= 11 is 0. The fourth-order valence-corrected chi connectivity index (χ4v) is 2.99. The first kappa shape index (κ1) is 19.4. The van der Waals surface area contributed by atoms with Gasteiger partial charge in [0.2, 0.25) is 5.78 Å². The molecule has 0 saturated carbocycles. The van der Waals surface area contributed by atoms with Crippen molar-refractivity contribution < 1.29 is 28.2 Å². The van der Waals surface area contributed by atoms with Gasteiger partial charge in [-0.3, -0.25) is 4.79 Å². The van der Waals surface area contributed by atoms with Gasteiger partial charge in [-0.05, 0) is 53.6 Å². The summed E-state index contributed by atoms with van der Waals surface area (Å²) in [5.74, 6) is 0.146. The molecule has 6 heteroatoms. The highest BCUT2D eigenvalue weighted by molar-refractivity contribution is 6.14. The Balaban J connectivity index is 1.45. The minimum absolute atomic E-state index is 0.173. The van der Waals surface area contributed by atoms with Crippen molar-refractivity contribution in [1.29, 1.82) is 0 Å². The molecule has 1 aliphatic rings. The predicted molar refractivity (Wildman–Crippen MR) is 108 cm³/mol. The highest BCUT2D eigenvalue weighted by Gasteiger charge is 2.27. The number of hydrogen-bond acceptors (Lipinski definition) is 5. The van der Waals surface area contributed by atoms with Crippen molar-refractivity contribution in [2.75, 3.05) is 7.11 Å². The van der Waals surface area contributed by atoms with Gasteiger partial charge in [-0.1, -0.05) is 24.3 Å². The van der Waals surface area contributed by atoms with E-state index in [1.807, 2.05) is 0 Å². The fourth-order valence-electron chi connectivity index (χ4n) is 2.99. The Kier molecular flexibility index (Phi) is 5.30.